The summed E-state index contributed by atoms with van der Waals surface area (Å²) in [6, 6.07) is 17.4. The Morgan fingerprint density at radius 1 is 0.750 bits per heavy atom. The van der Waals surface area contributed by atoms with Crippen molar-refractivity contribution in [3.8, 4) is 11.8 Å². The van der Waals surface area contributed by atoms with Gasteiger partial charge in [0.15, 0.2) is 0 Å². The van der Waals surface area contributed by atoms with Crippen LogP contribution >= 0.6 is 0 Å². The topological polar surface area (TPSA) is 74.6 Å². The first-order chi connectivity index (χ1) is 11.5. The quantitative estimate of drug-likeness (QED) is 0.708. The van der Waals surface area contributed by atoms with Crippen LogP contribution in [-0.2, 0) is 0 Å². The summed E-state index contributed by atoms with van der Waals surface area (Å²) >= 11 is 0. The molecule has 0 amide bonds. The van der Waals surface area contributed by atoms with Crippen molar-refractivity contribution >= 4 is 22.7 Å². The zero-order valence-electron chi connectivity index (χ0n) is 12.5. The van der Waals surface area contributed by atoms with Crippen molar-refractivity contribution in [1.29, 1.82) is 0 Å². The second-order valence-electron chi connectivity index (χ2n) is 5.19. The number of hydrogen-bond donors (Lipinski definition) is 2. The summed E-state index contributed by atoms with van der Waals surface area (Å²) in [5.41, 5.74) is 0.945. The third-order valence-corrected chi connectivity index (χ3v) is 3.56. The second kappa shape index (κ2) is 6.27. The Balaban J connectivity index is 2.10. The molecule has 4 heteroatoms. The molecule has 4 nitrogen and oxygen atoms in total. The van der Waals surface area contributed by atoms with Crippen molar-refractivity contribution in [3.05, 3.63) is 82.9 Å². The molecular formula is C20H12O4. The average Bonchev–Trinajstić information content (AvgIpc) is 2.59. The fraction of sp³-hybridized carbons (Fsp3) is 0. The number of hydrogen-bond acceptors (Lipinski definition) is 2. The Morgan fingerprint density at radius 3 is 2.04 bits per heavy atom. The molecule has 3 rings (SSSR count). The maximum Gasteiger partial charge on any atom is 0.335 e. The van der Waals surface area contributed by atoms with E-state index in [2.05, 4.69) is 11.8 Å². The van der Waals surface area contributed by atoms with Crippen molar-refractivity contribution in [3.63, 3.8) is 0 Å². The Bertz CT molecular complexity index is 985. The van der Waals surface area contributed by atoms with Gasteiger partial charge in [0.1, 0.15) is 0 Å². The summed E-state index contributed by atoms with van der Waals surface area (Å²) in [5.74, 6) is 3.49. The van der Waals surface area contributed by atoms with E-state index >= 15 is 0 Å². The first-order valence-corrected chi connectivity index (χ1v) is 7.16. The Hall–Kier alpha value is -3.58. The fourth-order valence-corrected chi connectivity index (χ4v) is 2.42. The van der Waals surface area contributed by atoms with Gasteiger partial charge in [-0.2, -0.15) is 0 Å². The monoisotopic (exact) mass is 316 g/mol. The van der Waals surface area contributed by atoms with Crippen LogP contribution in [-0.4, -0.2) is 22.2 Å². The van der Waals surface area contributed by atoms with Crippen LogP contribution in [0.3, 0.4) is 0 Å². The zero-order valence-corrected chi connectivity index (χ0v) is 12.5. The molecule has 0 saturated heterocycles. The van der Waals surface area contributed by atoms with E-state index in [0.717, 1.165) is 22.4 Å². The number of carboxylic acids is 2. The molecule has 116 valence electrons. The fourth-order valence-electron chi connectivity index (χ4n) is 2.42. The molecule has 3 aromatic carbocycles. The number of fused-ring (bicyclic) bond motifs is 1. The highest BCUT2D eigenvalue weighted by molar-refractivity contribution is 5.94. The molecule has 2 N–H and O–H groups in total. The van der Waals surface area contributed by atoms with Gasteiger partial charge in [-0.05, 0) is 35.0 Å². The predicted molar refractivity (Wildman–Crippen MR) is 90.3 cm³/mol. The van der Waals surface area contributed by atoms with Gasteiger partial charge in [-0.15, -0.1) is 0 Å². The molecule has 0 unspecified atom stereocenters. The summed E-state index contributed by atoms with van der Waals surface area (Å²) < 4.78 is 0. The molecule has 0 aliphatic carbocycles. The maximum absolute atomic E-state index is 11.1. The highest BCUT2D eigenvalue weighted by Gasteiger charge is 2.10. The van der Waals surface area contributed by atoms with Gasteiger partial charge in [-0.3, -0.25) is 0 Å². The van der Waals surface area contributed by atoms with Crippen LogP contribution in [0.4, 0.5) is 0 Å². The lowest BCUT2D eigenvalue weighted by atomic mass is 10.0. The van der Waals surface area contributed by atoms with E-state index in [0.29, 0.717) is 5.56 Å². The average molecular weight is 316 g/mol. The van der Waals surface area contributed by atoms with E-state index in [1.54, 1.807) is 0 Å². The highest BCUT2D eigenvalue weighted by atomic mass is 16.4. The normalized spacial score (nSPS) is 10.0. The van der Waals surface area contributed by atoms with Crippen LogP contribution in [0.15, 0.2) is 60.7 Å². The molecule has 0 aromatic heterocycles. The third-order valence-electron chi connectivity index (χ3n) is 3.56. The van der Waals surface area contributed by atoms with E-state index in [1.165, 1.54) is 12.1 Å². The highest BCUT2D eigenvalue weighted by Crippen LogP contribution is 2.18. The molecule has 0 spiro atoms. The lowest BCUT2D eigenvalue weighted by molar-refractivity contribution is 0.0696. The van der Waals surface area contributed by atoms with Gasteiger partial charge in [0, 0.05) is 11.1 Å². The SMILES string of the molecule is O=C(O)c1cc(C#Cc2cccc3ccccc23)cc(C(=O)O)c1. The largest absolute Gasteiger partial charge is 0.478 e. The predicted octanol–water partition coefficient (Wildman–Crippen LogP) is 3.64. The minimum atomic E-state index is -1.19. The minimum Gasteiger partial charge on any atom is -0.478 e. The van der Waals surface area contributed by atoms with Gasteiger partial charge in [0.05, 0.1) is 11.1 Å². The molecule has 0 atom stereocenters. The van der Waals surface area contributed by atoms with Crippen LogP contribution in [0, 0.1) is 11.8 Å². The number of carbonyl (C=O) groups is 2. The standard InChI is InChI=1S/C20H12O4/c21-19(22)16-10-13(11-17(12-16)20(23)24)8-9-15-6-3-5-14-4-1-2-7-18(14)15/h1-7,10-12H,(H,21,22)(H,23,24). The lowest BCUT2D eigenvalue weighted by Gasteiger charge is -2.01. The molecule has 0 aliphatic rings. The van der Waals surface area contributed by atoms with Gasteiger partial charge in [0.2, 0.25) is 0 Å². The van der Waals surface area contributed by atoms with Crippen LogP contribution in [0.25, 0.3) is 10.8 Å². The third kappa shape index (κ3) is 3.11. The van der Waals surface area contributed by atoms with Gasteiger partial charge in [0.25, 0.3) is 0 Å². The van der Waals surface area contributed by atoms with Gasteiger partial charge in [-0.1, -0.05) is 48.2 Å². The molecule has 0 heterocycles. The maximum atomic E-state index is 11.1. The van der Waals surface area contributed by atoms with Crippen molar-refractivity contribution < 1.29 is 19.8 Å². The van der Waals surface area contributed by atoms with E-state index in [-0.39, 0.29) is 11.1 Å². The van der Waals surface area contributed by atoms with Crippen molar-refractivity contribution in [1.82, 2.24) is 0 Å². The number of benzene rings is 3. The second-order valence-corrected chi connectivity index (χ2v) is 5.19. The smallest absolute Gasteiger partial charge is 0.335 e. The molecule has 0 saturated carbocycles. The van der Waals surface area contributed by atoms with Crippen molar-refractivity contribution in [2.75, 3.05) is 0 Å². The van der Waals surface area contributed by atoms with Crippen molar-refractivity contribution in [2.24, 2.45) is 0 Å². The molecule has 0 fully saturated rings. The molecule has 0 aliphatic heterocycles. The number of rotatable bonds is 2. The Kier molecular flexibility index (Phi) is 4.00. The summed E-state index contributed by atoms with van der Waals surface area (Å²) in [4.78, 5) is 22.3. The van der Waals surface area contributed by atoms with E-state index in [9.17, 15) is 9.59 Å². The summed E-state index contributed by atoms with van der Waals surface area (Å²) in [5, 5.41) is 20.2. The molecule has 24 heavy (non-hydrogen) atoms. The molecular weight excluding hydrogens is 304 g/mol. The van der Waals surface area contributed by atoms with Crippen molar-refractivity contribution in [2.45, 2.75) is 0 Å². The first kappa shape index (κ1) is 15.3. The number of aromatic carboxylic acids is 2. The first-order valence-electron chi connectivity index (χ1n) is 7.16. The van der Waals surface area contributed by atoms with Gasteiger partial charge in [-0.25, -0.2) is 9.59 Å². The Labute approximate surface area is 138 Å². The Morgan fingerprint density at radius 2 is 1.38 bits per heavy atom. The van der Waals surface area contributed by atoms with Crippen LogP contribution in [0.5, 0.6) is 0 Å². The summed E-state index contributed by atoms with van der Waals surface area (Å²) in [7, 11) is 0. The lowest BCUT2D eigenvalue weighted by Crippen LogP contribution is -2.03. The molecule has 0 radical (unpaired) electrons. The molecule has 0 bridgehead atoms. The van der Waals surface area contributed by atoms with E-state index in [4.69, 9.17) is 10.2 Å². The number of carboxylic acid groups (broad SMARTS) is 2. The van der Waals surface area contributed by atoms with Crippen LogP contribution in [0.1, 0.15) is 31.8 Å². The minimum absolute atomic E-state index is 0.0999. The van der Waals surface area contributed by atoms with E-state index in [1.807, 2.05) is 42.5 Å². The zero-order chi connectivity index (χ0) is 17.1. The van der Waals surface area contributed by atoms with Gasteiger partial charge >= 0.3 is 11.9 Å². The van der Waals surface area contributed by atoms with Gasteiger partial charge < -0.3 is 10.2 Å². The van der Waals surface area contributed by atoms with E-state index < -0.39 is 11.9 Å². The summed E-state index contributed by atoms with van der Waals surface area (Å²) in [6.07, 6.45) is 0. The molecule has 3 aromatic rings. The van der Waals surface area contributed by atoms with Crippen LogP contribution in [0.2, 0.25) is 0 Å². The summed E-state index contributed by atoms with van der Waals surface area (Å²) in [6.45, 7) is 0. The van der Waals surface area contributed by atoms with Crippen LogP contribution < -0.4 is 0 Å².